The van der Waals surface area contributed by atoms with Gasteiger partial charge in [-0.3, -0.25) is 9.59 Å². The fourth-order valence-electron chi connectivity index (χ4n) is 3.51. The lowest BCUT2D eigenvalue weighted by Crippen LogP contribution is -2.50. The number of carbonyl (C=O) groups is 2. The molecule has 126 valence electrons. The van der Waals surface area contributed by atoms with Gasteiger partial charge in [0, 0.05) is 11.0 Å². The van der Waals surface area contributed by atoms with E-state index in [1.807, 2.05) is 32.0 Å². The first-order valence-electron chi connectivity index (χ1n) is 8.49. The Hall–Kier alpha value is -1.68. The van der Waals surface area contributed by atoms with Gasteiger partial charge in [-0.1, -0.05) is 49.6 Å². The zero-order chi connectivity index (χ0) is 16.9. The molecule has 0 saturated heterocycles. The average molecular weight is 317 g/mol. The fraction of sp³-hybridized carbons (Fsp3) is 0.579. The van der Waals surface area contributed by atoms with Gasteiger partial charge in [0.25, 0.3) is 0 Å². The number of nitrogens with two attached hydrogens (primary N) is 1. The Morgan fingerprint density at radius 1 is 1.13 bits per heavy atom. The van der Waals surface area contributed by atoms with Crippen LogP contribution in [0.3, 0.4) is 0 Å². The molecule has 1 unspecified atom stereocenters. The highest BCUT2D eigenvalue weighted by Gasteiger charge is 2.43. The first-order valence-corrected chi connectivity index (χ1v) is 8.49. The average Bonchev–Trinajstić information content (AvgIpc) is 2.54. The van der Waals surface area contributed by atoms with Gasteiger partial charge < -0.3 is 10.5 Å². The summed E-state index contributed by atoms with van der Waals surface area (Å²) in [6, 6.07) is 8.45. The van der Waals surface area contributed by atoms with Crippen LogP contribution in [-0.2, 0) is 9.53 Å². The van der Waals surface area contributed by atoms with Crippen molar-refractivity contribution in [2.75, 3.05) is 0 Å². The van der Waals surface area contributed by atoms with Crippen molar-refractivity contribution in [3.8, 4) is 0 Å². The quantitative estimate of drug-likeness (QED) is 0.644. The van der Waals surface area contributed by atoms with E-state index in [-0.39, 0.29) is 24.3 Å². The molecular weight excluding hydrogens is 290 g/mol. The van der Waals surface area contributed by atoms with Crippen LogP contribution < -0.4 is 5.73 Å². The molecule has 1 fully saturated rings. The number of hydrogen-bond donors (Lipinski definition) is 1. The largest absolute Gasteiger partial charge is 0.463 e. The van der Waals surface area contributed by atoms with Gasteiger partial charge in [0.2, 0.25) is 0 Å². The van der Waals surface area contributed by atoms with Crippen LogP contribution in [0.2, 0.25) is 0 Å². The topological polar surface area (TPSA) is 69.4 Å². The van der Waals surface area contributed by atoms with E-state index in [1.165, 1.54) is 0 Å². The molecule has 23 heavy (non-hydrogen) atoms. The second-order valence-electron chi connectivity index (χ2n) is 6.85. The first-order chi connectivity index (χ1) is 10.9. The highest BCUT2D eigenvalue weighted by molar-refractivity contribution is 6.00. The normalized spacial score (nSPS) is 18.4. The Balaban J connectivity index is 2.19. The highest BCUT2D eigenvalue weighted by atomic mass is 16.5. The molecule has 1 aliphatic rings. The van der Waals surface area contributed by atoms with Gasteiger partial charge >= 0.3 is 5.97 Å². The molecule has 2 rings (SSSR count). The number of hydrogen-bond acceptors (Lipinski definition) is 4. The van der Waals surface area contributed by atoms with E-state index in [4.69, 9.17) is 10.5 Å². The van der Waals surface area contributed by atoms with Gasteiger partial charge in [-0.15, -0.1) is 0 Å². The fourth-order valence-corrected chi connectivity index (χ4v) is 3.51. The number of esters is 1. The van der Waals surface area contributed by atoms with Crippen LogP contribution in [0, 0.1) is 5.41 Å². The molecule has 0 bridgehead atoms. The van der Waals surface area contributed by atoms with E-state index < -0.39 is 11.5 Å². The highest BCUT2D eigenvalue weighted by Crippen LogP contribution is 2.42. The Kier molecular flexibility index (Phi) is 5.94. The molecule has 1 atom stereocenters. The maximum Gasteiger partial charge on any atom is 0.306 e. The Bertz CT molecular complexity index is 533. The van der Waals surface area contributed by atoms with E-state index in [0.717, 1.165) is 32.1 Å². The van der Waals surface area contributed by atoms with Crippen molar-refractivity contribution in [2.45, 2.75) is 64.5 Å². The molecule has 4 nitrogen and oxygen atoms in total. The van der Waals surface area contributed by atoms with Crippen LogP contribution in [0.25, 0.3) is 0 Å². The summed E-state index contributed by atoms with van der Waals surface area (Å²) < 4.78 is 5.31. The van der Waals surface area contributed by atoms with Gasteiger partial charge in [0.05, 0.1) is 18.6 Å². The molecule has 0 aliphatic heterocycles. The SMILES string of the molecule is CC(C)OC(=O)CC1(C(N)C(=O)c2ccccc2)CCCCC1. The van der Waals surface area contributed by atoms with Crippen LogP contribution in [0.15, 0.2) is 30.3 Å². The monoisotopic (exact) mass is 317 g/mol. The summed E-state index contributed by atoms with van der Waals surface area (Å²) in [6.45, 7) is 3.67. The minimum absolute atomic E-state index is 0.0788. The van der Waals surface area contributed by atoms with Crippen molar-refractivity contribution in [1.82, 2.24) is 0 Å². The van der Waals surface area contributed by atoms with Crippen molar-refractivity contribution in [2.24, 2.45) is 11.1 Å². The zero-order valence-corrected chi connectivity index (χ0v) is 14.1. The Labute approximate surface area is 138 Å². The summed E-state index contributed by atoms with van der Waals surface area (Å²) in [5.74, 6) is -0.331. The van der Waals surface area contributed by atoms with Crippen LogP contribution in [0.4, 0.5) is 0 Å². The molecule has 1 aliphatic carbocycles. The molecule has 4 heteroatoms. The minimum atomic E-state index is -0.662. The maximum atomic E-state index is 12.8. The Morgan fingerprint density at radius 3 is 2.30 bits per heavy atom. The lowest BCUT2D eigenvalue weighted by atomic mass is 9.65. The molecule has 0 radical (unpaired) electrons. The van der Waals surface area contributed by atoms with Crippen molar-refractivity contribution < 1.29 is 14.3 Å². The number of ketones is 1. The molecule has 2 N–H and O–H groups in total. The van der Waals surface area contributed by atoms with Crippen LogP contribution >= 0.6 is 0 Å². The molecule has 0 heterocycles. The van der Waals surface area contributed by atoms with E-state index in [2.05, 4.69) is 0 Å². The summed E-state index contributed by atoms with van der Waals surface area (Å²) in [7, 11) is 0. The number of carbonyl (C=O) groups excluding carboxylic acids is 2. The zero-order valence-electron chi connectivity index (χ0n) is 14.1. The summed E-state index contributed by atoms with van der Waals surface area (Å²) in [4.78, 5) is 25.0. The van der Waals surface area contributed by atoms with Crippen molar-refractivity contribution in [1.29, 1.82) is 0 Å². The van der Waals surface area contributed by atoms with Gasteiger partial charge in [-0.25, -0.2) is 0 Å². The number of benzene rings is 1. The molecule has 0 aromatic heterocycles. The van der Waals surface area contributed by atoms with Crippen molar-refractivity contribution in [3.05, 3.63) is 35.9 Å². The maximum absolute atomic E-state index is 12.8. The van der Waals surface area contributed by atoms with Crippen molar-refractivity contribution in [3.63, 3.8) is 0 Å². The smallest absolute Gasteiger partial charge is 0.306 e. The minimum Gasteiger partial charge on any atom is -0.463 e. The molecule has 0 amide bonds. The summed E-state index contributed by atoms with van der Waals surface area (Å²) in [5.41, 5.74) is 6.52. The van der Waals surface area contributed by atoms with Crippen molar-refractivity contribution >= 4 is 11.8 Å². The molecular formula is C19H27NO3. The number of rotatable bonds is 6. The Morgan fingerprint density at radius 2 is 1.74 bits per heavy atom. The van der Waals surface area contributed by atoms with Gasteiger partial charge in [-0.05, 0) is 26.7 Å². The number of ether oxygens (including phenoxy) is 1. The molecule has 0 spiro atoms. The van der Waals surface area contributed by atoms with E-state index in [1.54, 1.807) is 12.1 Å². The summed E-state index contributed by atoms with van der Waals surface area (Å²) in [6.07, 6.45) is 4.83. The first kappa shape index (κ1) is 17.7. The lowest BCUT2D eigenvalue weighted by molar-refractivity contribution is -0.151. The molecule has 1 saturated carbocycles. The van der Waals surface area contributed by atoms with Crippen LogP contribution in [0.1, 0.15) is 62.7 Å². The van der Waals surface area contributed by atoms with E-state index in [0.29, 0.717) is 5.56 Å². The molecule has 1 aromatic rings. The third-order valence-corrected chi connectivity index (χ3v) is 4.71. The molecule has 1 aromatic carbocycles. The third kappa shape index (κ3) is 4.41. The summed E-state index contributed by atoms with van der Waals surface area (Å²) >= 11 is 0. The van der Waals surface area contributed by atoms with Gasteiger partial charge in [0.15, 0.2) is 5.78 Å². The predicted octanol–water partition coefficient (Wildman–Crippen LogP) is 3.49. The second-order valence-corrected chi connectivity index (χ2v) is 6.85. The third-order valence-electron chi connectivity index (χ3n) is 4.71. The van der Waals surface area contributed by atoms with Gasteiger partial charge in [-0.2, -0.15) is 0 Å². The second kappa shape index (κ2) is 7.73. The van der Waals surface area contributed by atoms with Crippen LogP contribution in [0.5, 0.6) is 0 Å². The number of Topliss-reactive ketones (excluding diaryl/α,β-unsaturated/α-hetero) is 1. The van der Waals surface area contributed by atoms with Crippen LogP contribution in [-0.4, -0.2) is 23.9 Å². The lowest BCUT2D eigenvalue weighted by Gasteiger charge is -2.40. The van der Waals surface area contributed by atoms with E-state index in [9.17, 15) is 9.59 Å². The standard InChI is InChI=1S/C19H27NO3/c1-14(2)23-16(21)13-19(11-7-4-8-12-19)18(20)17(22)15-9-5-3-6-10-15/h3,5-6,9-10,14,18H,4,7-8,11-13,20H2,1-2H3. The van der Waals surface area contributed by atoms with E-state index >= 15 is 0 Å². The summed E-state index contributed by atoms with van der Waals surface area (Å²) in [5, 5.41) is 0. The van der Waals surface area contributed by atoms with Gasteiger partial charge in [0.1, 0.15) is 0 Å². The predicted molar refractivity (Wildman–Crippen MR) is 90.1 cm³/mol.